The Balaban J connectivity index is 2.69. The maximum Gasteiger partial charge on any atom is 0.416 e. The number of hydrogen-bond acceptors (Lipinski definition) is 5. The molecule has 0 saturated carbocycles. The number of nitrogen functional groups attached to an aromatic ring is 1. The Morgan fingerprint density at radius 3 is 2.10 bits per heavy atom. The first-order valence-electron chi connectivity index (χ1n) is 7.38. The Hall–Kier alpha value is -2.37. The molecule has 0 unspecified atom stereocenters. The molecule has 0 aliphatic heterocycles. The number of sulfonamides is 1. The van der Waals surface area contributed by atoms with Gasteiger partial charge < -0.3 is 5.73 Å². The van der Waals surface area contributed by atoms with Crippen LogP contribution in [0.25, 0.3) is 5.69 Å². The van der Waals surface area contributed by atoms with Gasteiger partial charge in [-0.05, 0) is 12.1 Å². The van der Waals surface area contributed by atoms with Crippen molar-refractivity contribution in [2.45, 2.75) is 12.4 Å². The molecular formula is C14H9Cl2F6N5O2S. The van der Waals surface area contributed by atoms with Crippen LogP contribution < -0.4 is 10.0 Å². The van der Waals surface area contributed by atoms with E-state index in [2.05, 4.69) is 5.10 Å². The van der Waals surface area contributed by atoms with Crippen LogP contribution in [0.15, 0.2) is 12.1 Å². The van der Waals surface area contributed by atoms with Crippen LogP contribution in [0, 0.1) is 11.3 Å². The van der Waals surface area contributed by atoms with Crippen molar-refractivity contribution in [3.05, 3.63) is 33.4 Å². The van der Waals surface area contributed by atoms with Crippen molar-refractivity contribution in [3.63, 3.8) is 0 Å². The minimum Gasteiger partial charge on any atom is -0.382 e. The lowest BCUT2D eigenvalue weighted by Crippen LogP contribution is -2.35. The Bertz CT molecular complexity index is 1110. The maximum absolute atomic E-state index is 12.9. The molecule has 0 bridgehead atoms. The standard InChI is InChI=1S/C14H9Cl2F6N5O2S/c1-26(30(28,29)5-13(17,18)19)11-9(4-23)25-27(12(11)24)10-7(15)2-6(3-8(10)16)14(20,21)22/h2-3H,5,24H2,1H3. The first-order chi connectivity index (χ1) is 13.5. The summed E-state index contributed by atoms with van der Waals surface area (Å²) >= 11 is 11.7. The van der Waals surface area contributed by atoms with Crippen molar-refractivity contribution in [2.24, 2.45) is 0 Å². The maximum atomic E-state index is 12.9. The molecule has 0 radical (unpaired) electrons. The van der Waals surface area contributed by atoms with Crippen molar-refractivity contribution in [1.29, 1.82) is 5.26 Å². The highest BCUT2D eigenvalue weighted by atomic mass is 35.5. The van der Waals surface area contributed by atoms with Crippen LogP contribution in [0.3, 0.4) is 0 Å². The minimum atomic E-state index is -5.09. The van der Waals surface area contributed by atoms with Gasteiger partial charge in [-0.2, -0.15) is 36.7 Å². The van der Waals surface area contributed by atoms with E-state index in [4.69, 9.17) is 28.9 Å². The Morgan fingerprint density at radius 2 is 1.70 bits per heavy atom. The fourth-order valence-electron chi connectivity index (χ4n) is 2.35. The lowest BCUT2D eigenvalue weighted by atomic mass is 10.2. The Labute approximate surface area is 175 Å². The fraction of sp³-hybridized carbons (Fsp3) is 0.286. The first-order valence-corrected chi connectivity index (χ1v) is 9.74. The third-order valence-corrected chi connectivity index (χ3v) is 5.92. The summed E-state index contributed by atoms with van der Waals surface area (Å²) in [5, 5.41) is 11.6. The number of anilines is 2. The third-order valence-electron chi connectivity index (χ3n) is 3.64. The molecule has 2 N–H and O–H groups in total. The van der Waals surface area contributed by atoms with Crippen LogP contribution in [0.4, 0.5) is 37.8 Å². The lowest BCUT2D eigenvalue weighted by Gasteiger charge is -2.20. The van der Waals surface area contributed by atoms with Crippen molar-refractivity contribution in [3.8, 4) is 11.8 Å². The van der Waals surface area contributed by atoms with E-state index in [1.165, 1.54) is 6.07 Å². The number of aromatic nitrogens is 2. The van der Waals surface area contributed by atoms with Crippen molar-refractivity contribution < 1.29 is 34.8 Å². The number of hydrogen-bond donors (Lipinski definition) is 1. The van der Waals surface area contributed by atoms with Gasteiger partial charge in [-0.25, -0.2) is 13.1 Å². The average Bonchev–Trinajstić information content (AvgIpc) is 2.87. The molecule has 0 fully saturated rings. The van der Waals surface area contributed by atoms with Crippen LogP contribution in [-0.4, -0.2) is 37.2 Å². The number of halogens is 8. The van der Waals surface area contributed by atoms with Gasteiger partial charge in [-0.15, -0.1) is 0 Å². The topological polar surface area (TPSA) is 105 Å². The number of nitrogens with two attached hydrogens (primary N) is 1. The molecule has 1 aromatic carbocycles. The van der Waals surface area contributed by atoms with E-state index in [-0.39, 0.29) is 4.31 Å². The Kier molecular flexibility index (Phi) is 6.14. The minimum absolute atomic E-state index is 0.101. The average molecular weight is 496 g/mol. The molecule has 16 heteroatoms. The molecule has 2 aromatic rings. The van der Waals surface area contributed by atoms with Gasteiger partial charge in [0.15, 0.2) is 17.3 Å². The molecule has 1 heterocycles. The number of rotatable bonds is 4. The molecule has 0 spiro atoms. The van der Waals surface area contributed by atoms with Crippen LogP contribution in [-0.2, 0) is 16.2 Å². The summed E-state index contributed by atoms with van der Waals surface area (Å²) in [7, 11) is -4.33. The quantitative estimate of drug-likeness (QED) is 0.645. The van der Waals surface area contributed by atoms with E-state index in [0.29, 0.717) is 23.9 Å². The van der Waals surface area contributed by atoms with Crippen molar-refractivity contribution >= 4 is 44.7 Å². The molecule has 0 amide bonds. The summed E-state index contributed by atoms with van der Waals surface area (Å²) < 4.78 is 101. The predicted octanol–water partition coefficient (Wildman–Crippen LogP) is 3.98. The summed E-state index contributed by atoms with van der Waals surface area (Å²) in [6.45, 7) is 0. The molecular weight excluding hydrogens is 487 g/mol. The van der Waals surface area contributed by atoms with Gasteiger partial charge in [-0.1, -0.05) is 23.2 Å². The van der Waals surface area contributed by atoms with Crippen LogP contribution in [0.2, 0.25) is 10.0 Å². The molecule has 7 nitrogen and oxygen atoms in total. The Morgan fingerprint density at radius 1 is 1.20 bits per heavy atom. The SMILES string of the molecule is CN(c1c(C#N)nn(-c2c(Cl)cc(C(F)(F)F)cc2Cl)c1N)S(=O)(=O)CC(F)(F)F. The van der Waals surface area contributed by atoms with Gasteiger partial charge in [0.2, 0.25) is 10.0 Å². The van der Waals surface area contributed by atoms with Gasteiger partial charge in [0, 0.05) is 7.05 Å². The van der Waals surface area contributed by atoms with E-state index in [1.54, 1.807) is 0 Å². The highest BCUT2D eigenvalue weighted by molar-refractivity contribution is 7.92. The molecule has 30 heavy (non-hydrogen) atoms. The van der Waals surface area contributed by atoms with Crippen LogP contribution in [0.1, 0.15) is 11.3 Å². The first kappa shape index (κ1) is 23.9. The summed E-state index contributed by atoms with van der Waals surface area (Å²) in [5.74, 6) is -2.95. The largest absolute Gasteiger partial charge is 0.416 e. The van der Waals surface area contributed by atoms with Crippen LogP contribution in [0.5, 0.6) is 0 Å². The molecule has 1 aromatic heterocycles. The molecule has 2 rings (SSSR count). The number of nitrogens with zero attached hydrogens (tertiary/aromatic N) is 4. The van der Waals surface area contributed by atoms with E-state index in [0.717, 1.165) is 0 Å². The number of alkyl halides is 6. The van der Waals surface area contributed by atoms with E-state index in [9.17, 15) is 40.0 Å². The predicted molar refractivity (Wildman–Crippen MR) is 96.0 cm³/mol. The second kappa shape index (κ2) is 7.71. The smallest absolute Gasteiger partial charge is 0.382 e. The monoisotopic (exact) mass is 495 g/mol. The van der Waals surface area contributed by atoms with Gasteiger partial charge in [-0.3, -0.25) is 4.31 Å². The zero-order valence-corrected chi connectivity index (χ0v) is 16.8. The number of nitriles is 1. The molecule has 0 aliphatic carbocycles. The highest BCUT2D eigenvalue weighted by Gasteiger charge is 2.39. The summed E-state index contributed by atoms with van der Waals surface area (Å²) in [6, 6.07) is 2.42. The molecule has 0 atom stereocenters. The molecule has 0 aliphatic rings. The van der Waals surface area contributed by atoms with Crippen molar-refractivity contribution in [2.75, 3.05) is 22.8 Å². The van der Waals surface area contributed by atoms with Gasteiger partial charge in [0.05, 0.1) is 15.6 Å². The van der Waals surface area contributed by atoms with Gasteiger partial charge >= 0.3 is 12.4 Å². The third kappa shape index (κ3) is 4.68. The zero-order valence-electron chi connectivity index (χ0n) is 14.5. The van der Waals surface area contributed by atoms with Crippen LogP contribution >= 0.6 is 23.2 Å². The second-order valence-corrected chi connectivity index (χ2v) is 8.55. The molecule has 0 saturated heterocycles. The zero-order chi connectivity index (χ0) is 23.2. The summed E-state index contributed by atoms with van der Waals surface area (Å²) in [4.78, 5) is 0. The summed E-state index contributed by atoms with van der Waals surface area (Å²) in [5.41, 5.74) is 2.65. The molecule has 164 valence electrons. The van der Waals surface area contributed by atoms with Gasteiger partial charge in [0.25, 0.3) is 0 Å². The van der Waals surface area contributed by atoms with Crippen molar-refractivity contribution in [1.82, 2.24) is 9.78 Å². The highest BCUT2D eigenvalue weighted by Crippen LogP contribution is 2.40. The fourth-order valence-corrected chi connectivity index (χ4v) is 4.07. The summed E-state index contributed by atoms with van der Waals surface area (Å²) in [6.07, 6.45) is -9.89. The van der Waals surface area contributed by atoms with E-state index < -0.39 is 66.6 Å². The lowest BCUT2D eigenvalue weighted by molar-refractivity contribution is -0.137. The van der Waals surface area contributed by atoms with E-state index >= 15 is 0 Å². The van der Waals surface area contributed by atoms with Gasteiger partial charge in [0.1, 0.15) is 17.4 Å². The normalized spacial score (nSPS) is 12.7. The number of benzene rings is 1. The van der Waals surface area contributed by atoms with E-state index in [1.807, 2.05) is 0 Å². The second-order valence-electron chi connectivity index (χ2n) is 5.73.